The first-order valence-electron chi connectivity index (χ1n) is 11.7. The molecule has 1 aliphatic rings. The van der Waals surface area contributed by atoms with Crippen molar-refractivity contribution in [2.45, 2.75) is 32.3 Å². The molecule has 2 N–H and O–H groups in total. The number of carbonyl (C=O) groups excluding carboxylic acids is 2. The minimum Gasteiger partial charge on any atom is -0.449 e. The highest BCUT2D eigenvalue weighted by atomic mass is 16.6. The third-order valence-electron chi connectivity index (χ3n) is 5.55. The van der Waals surface area contributed by atoms with Gasteiger partial charge in [0.25, 0.3) is 0 Å². The van der Waals surface area contributed by atoms with Crippen molar-refractivity contribution in [2.24, 2.45) is 0 Å². The Bertz CT molecular complexity index is 1200. The van der Waals surface area contributed by atoms with Crippen LogP contribution in [0.4, 0.5) is 15.3 Å². The smallest absolute Gasteiger partial charge is 0.412 e. The normalized spacial score (nSPS) is 12.7. The third kappa shape index (κ3) is 6.29. The number of anilines is 1. The van der Waals surface area contributed by atoms with E-state index in [1.54, 1.807) is 6.07 Å². The third-order valence-corrected chi connectivity index (χ3v) is 5.55. The number of fused-ring (bicyclic) bond motifs is 3. The fraction of sp³-hybridized carbons (Fsp3) is 0.241. The number of amides is 2. The molecule has 1 aliphatic carbocycles. The molecule has 35 heavy (non-hydrogen) atoms. The maximum atomic E-state index is 12.3. The van der Waals surface area contributed by atoms with Gasteiger partial charge in [0.05, 0.1) is 0 Å². The number of ether oxygens (including phenoxy) is 2. The van der Waals surface area contributed by atoms with E-state index in [1.165, 1.54) is 22.3 Å². The molecule has 0 spiro atoms. The van der Waals surface area contributed by atoms with Crippen LogP contribution < -0.4 is 10.6 Å². The molecular formula is C29H30N2O4. The van der Waals surface area contributed by atoms with Gasteiger partial charge in [-0.3, -0.25) is 5.32 Å². The fourth-order valence-corrected chi connectivity index (χ4v) is 4.13. The number of carbonyl (C=O) groups is 2. The summed E-state index contributed by atoms with van der Waals surface area (Å²) in [6, 6.07) is 23.8. The molecule has 6 nitrogen and oxygen atoms in total. The van der Waals surface area contributed by atoms with E-state index in [0.717, 1.165) is 5.56 Å². The minimum absolute atomic E-state index is 0.0314. The second-order valence-corrected chi connectivity index (χ2v) is 9.36. The molecule has 3 aromatic carbocycles. The molecule has 0 heterocycles. The van der Waals surface area contributed by atoms with Gasteiger partial charge in [-0.15, -0.1) is 0 Å². The number of rotatable bonds is 6. The molecule has 6 heteroatoms. The number of alkyl carbamates (subject to hydrolysis) is 1. The van der Waals surface area contributed by atoms with Crippen LogP contribution in [0.5, 0.6) is 0 Å². The Labute approximate surface area is 206 Å². The van der Waals surface area contributed by atoms with Gasteiger partial charge in [0.1, 0.15) is 12.2 Å². The van der Waals surface area contributed by atoms with Crippen LogP contribution in [-0.2, 0) is 9.47 Å². The van der Waals surface area contributed by atoms with E-state index in [4.69, 9.17) is 9.47 Å². The van der Waals surface area contributed by atoms with Gasteiger partial charge in [-0.25, -0.2) is 9.59 Å². The van der Waals surface area contributed by atoms with Crippen molar-refractivity contribution in [3.63, 3.8) is 0 Å². The van der Waals surface area contributed by atoms with Crippen molar-refractivity contribution in [3.05, 3.63) is 95.6 Å². The molecular weight excluding hydrogens is 440 g/mol. The zero-order chi connectivity index (χ0) is 24.8. The molecule has 180 valence electrons. The number of hydrogen-bond acceptors (Lipinski definition) is 4. The van der Waals surface area contributed by atoms with Gasteiger partial charge in [-0.2, -0.15) is 0 Å². The van der Waals surface area contributed by atoms with E-state index in [-0.39, 0.29) is 12.5 Å². The zero-order valence-corrected chi connectivity index (χ0v) is 20.2. The minimum atomic E-state index is -0.563. The molecule has 2 amide bonds. The summed E-state index contributed by atoms with van der Waals surface area (Å²) in [5.74, 6) is 0.0314. The fourth-order valence-electron chi connectivity index (χ4n) is 4.13. The van der Waals surface area contributed by atoms with Crippen LogP contribution in [0, 0.1) is 0 Å². The predicted molar refractivity (Wildman–Crippen MR) is 138 cm³/mol. The largest absolute Gasteiger partial charge is 0.449 e. The average Bonchev–Trinajstić information content (AvgIpc) is 3.13. The highest BCUT2D eigenvalue weighted by Gasteiger charge is 2.28. The summed E-state index contributed by atoms with van der Waals surface area (Å²) in [4.78, 5) is 24.3. The quantitative estimate of drug-likeness (QED) is 0.426. The first-order valence-corrected chi connectivity index (χ1v) is 11.7. The topological polar surface area (TPSA) is 76.7 Å². The van der Waals surface area contributed by atoms with Crippen LogP contribution in [0.1, 0.15) is 43.4 Å². The van der Waals surface area contributed by atoms with Gasteiger partial charge >= 0.3 is 12.2 Å². The van der Waals surface area contributed by atoms with Gasteiger partial charge in [0.2, 0.25) is 0 Å². The van der Waals surface area contributed by atoms with E-state index in [0.29, 0.717) is 12.2 Å². The van der Waals surface area contributed by atoms with Crippen LogP contribution in [0.25, 0.3) is 17.2 Å². The SMILES string of the molecule is CC(C)(C)OC(=O)Nc1cccc(C=CCNC(=O)OCC2c3ccccc3-c3ccccc32)c1. The Balaban J connectivity index is 1.27. The van der Waals surface area contributed by atoms with Crippen LogP contribution in [0.2, 0.25) is 0 Å². The number of benzene rings is 3. The van der Waals surface area contributed by atoms with Crippen LogP contribution in [-0.4, -0.2) is 30.9 Å². The predicted octanol–water partition coefficient (Wildman–Crippen LogP) is 6.59. The number of hydrogen-bond donors (Lipinski definition) is 2. The van der Waals surface area contributed by atoms with Crippen molar-refractivity contribution < 1.29 is 19.1 Å². The molecule has 0 atom stereocenters. The van der Waals surface area contributed by atoms with Crippen LogP contribution in [0.3, 0.4) is 0 Å². The summed E-state index contributed by atoms with van der Waals surface area (Å²) in [6.07, 6.45) is 2.73. The highest BCUT2D eigenvalue weighted by Crippen LogP contribution is 2.44. The van der Waals surface area contributed by atoms with E-state index >= 15 is 0 Å². The molecule has 0 aliphatic heterocycles. The maximum Gasteiger partial charge on any atom is 0.412 e. The van der Waals surface area contributed by atoms with Gasteiger partial charge in [0, 0.05) is 18.2 Å². The Morgan fingerprint density at radius 1 is 0.886 bits per heavy atom. The van der Waals surface area contributed by atoms with Crippen molar-refractivity contribution in [2.75, 3.05) is 18.5 Å². The van der Waals surface area contributed by atoms with Gasteiger partial charge in [-0.1, -0.05) is 72.8 Å². The first-order chi connectivity index (χ1) is 16.8. The van der Waals surface area contributed by atoms with Gasteiger partial charge in [0.15, 0.2) is 0 Å². The van der Waals surface area contributed by atoms with Gasteiger partial charge < -0.3 is 14.8 Å². The summed E-state index contributed by atoms with van der Waals surface area (Å²) in [7, 11) is 0. The molecule has 3 aromatic rings. The molecule has 4 rings (SSSR count). The molecule has 0 fully saturated rings. The van der Waals surface area contributed by atoms with Gasteiger partial charge in [-0.05, 0) is 60.7 Å². The van der Waals surface area contributed by atoms with Crippen molar-refractivity contribution in [1.29, 1.82) is 0 Å². The lowest BCUT2D eigenvalue weighted by Crippen LogP contribution is -2.27. The summed E-state index contributed by atoms with van der Waals surface area (Å²) < 4.78 is 10.8. The lowest BCUT2D eigenvalue weighted by molar-refractivity contribution is 0.0636. The summed E-state index contributed by atoms with van der Waals surface area (Å²) in [5, 5.41) is 5.48. The second-order valence-electron chi connectivity index (χ2n) is 9.36. The maximum absolute atomic E-state index is 12.3. The van der Waals surface area contributed by atoms with E-state index < -0.39 is 17.8 Å². The first kappa shape index (κ1) is 24.1. The van der Waals surface area contributed by atoms with Crippen molar-refractivity contribution in [1.82, 2.24) is 5.32 Å². The summed E-state index contributed by atoms with van der Waals surface area (Å²) >= 11 is 0. The molecule has 0 bridgehead atoms. The second kappa shape index (κ2) is 10.5. The number of nitrogens with one attached hydrogen (secondary N) is 2. The van der Waals surface area contributed by atoms with Crippen LogP contribution >= 0.6 is 0 Å². The molecule has 0 saturated carbocycles. The molecule has 0 saturated heterocycles. The highest BCUT2D eigenvalue weighted by molar-refractivity contribution is 5.85. The van der Waals surface area contributed by atoms with Crippen molar-refractivity contribution in [3.8, 4) is 11.1 Å². The summed E-state index contributed by atoms with van der Waals surface area (Å²) in [5.41, 5.74) is 5.71. The van der Waals surface area contributed by atoms with E-state index in [9.17, 15) is 9.59 Å². The summed E-state index contributed by atoms with van der Waals surface area (Å²) in [6.45, 7) is 6.04. The average molecular weight is 471 g/mol. The molecule has 0 unspecified atom stereocenters. The molecule has 0 radical (unpaired) electrons. The van der Waals surface area contributed by atoms with Crippen molar-refractivity contribution >= 4 is 23.9 Å². The lowest BCUT2D eigenvalue weighted by atomic mass is 9.98. The van der Waals surface area contributed by atoms with Crippen LogP contribution in [0.15, 0.2) is 78.9 Å². The van der Waals surface area contributed by atoms with E-state index in [2.05, 4.69) is 34.9 Å². The Hall–Kier alpha value is -4.06. The Morgan fingerprint density at radius 3 is 2.20 bits per heavy atom. The van der Waals surface area contributed by atoms with E-state index in [1.807, 2.05) is 75.4 Å². The Morgan fingerprint density at radius 2 is 1.54 bits per heavy atom. The standard InChI is InChI=1S/C29H30N2O4/c1-29(2,3)35-28(33)31-21-12-8-10-20(18-21)11-9-17-30-27(32)34-19-26-24-15-6-4-13-22(24)23-14-5-7-16-25(23)26/h4-16,18,26H,17,19H2,1-3H3,(H,30,32)(H,31,33). The lowest BCUT2D eigenvalue weighted by Gasteiger charge is -2.19. The monoisotopic (exact) mass is 470 g/mol. The molecule has 0 aromatic heterocycles. The Kier molecular flexibility index (Phi) is 7.20. The zero-order valence-electron chi connectivity index (χ0n) is 20.2.